The Labute approximate surface area is 102 Å². The lowest BCUT2D eigenvalue weighted by atomic mass is 9.75. The summed E-state index contributed by atoms with van der Waals surface area (Å²) in [6, 6.07) is 0.346. The van der Waals surface area contributed by atoms with Crippen LogP contribution in [0, 0.1) is 0 Å². The first-order valence-electron chi connectivity index (χ1n) is 6.31. The minimum absolute atomic E-state index is 0.0295. The quantitative estimate of drug-likeness (QED) is 0.709. The van der Waals surface area contributed by atoms with Gasteiger partial charge < -0.3 is 16.0 Å². The van der Waals surface area contributed by atoms with E-state index < -0.39 is 0 Å². The van der Waals surface area contributed by atoms with Gasteiger partial charge in [0.15, 0.2) is 0 Å². The highest BCUT2D eigenvalue weighted by Crippen LogP contribution is 2.32. The third kappa shape index (κ3) is 3.43. The van der Waals surface area contributed by atoms with Gasteiger partial charge in [0.1, 0.15) is 0 Å². The molecule has 96 valence electrons. The standard InChI is InChI=1S/C12H21N3O2/c1-15(8-10(16)14-9-3-4-9)11(17)7-12(13)5-2-6-12/h9H,2-8,13H2,1H3,(H,14,16). The van der Waals surface area contributed by atoms with E-state index in [1.165, 1.54) is 4.90 Å². The summed E-state index contributed by atoms with van der Waals surface area (Å²) in [4.78, 5) is 24.9. The zero-order valence-corrected chi connectivity index (χ0v) is 10.4. The second-order valence-electron chi connectivity index (χ2n) is 5.48. The highest BCUT2D eigenvalue weighted by Gasteiger charge is 2.35. The van der Waals surface area contributed by atoms with Crippen LogP contribution in [-0.2, 0) is 9.59 Å². The molecule has 0 unspecified atom stereocenters. The fourth-order valence-electron chi connectivity index (χ4n) is 2.05. The van der Waals surface area contributed by atoms with E-state index in [9.17, 15) is 9.59 Å². The normalized spacial score (nSPS) is 21.5. The molecule has 2 aliphatic carbocycles. The molecule has 3 N–H and O–H groups in total. The van der Waals surface area contributed by atoms with Gasteiger partial charge in [0.25, 0.3) is 0 Å². The number of nitrogens with one attached hydrogen (secondary N) is 1. The van der Waals surface area contributed by atoms with Crippen molar-refractivity contribution in [1.82, 2.24) is 10.2 Å². The molecular formula is C12H21N3O2. The molecule has 5 heteroatoms. The maximum Gasteiger partial charge on any atom is 0.239 e. The maximum atomic E-state index is 11.9. The molecule has 0 aromatic carbocycles. The van der Waals surface area contributed by atoms with E-state index >= 15 is 0 Å². The Balaban J connectivity index is 1.72. The van der Waals surface area contributed by atoms with Crippen LogP contribution in [0.2, 0.25) is 0 Å². The number of carbonyl (C=O) groups is 2. The third-order valence-electron chi connectivity index (χ3n) is 3.60. The van der Waals surface area contributed by atoms with E-state index in [0.717, 1.165) is 32.1 Å². The van der Waals surface area contributed by atoms with Crippen LogP contribution in [0.25, 0.3) is 0 Å². The topological polar surface area (TPSA) is 75.4 Å². The molecule has 0 bridgehead atoms. The van der Waals surface area contributed by atoms with Gasteiger partial charge in [-0.25, -0.2) is 0 Å². The third-order valence-corrected chi connectivity index (χ3v) is 3.60. The van der Waals surface area contributed by atoms with Gasteiger partial charge in [0.2, 0.25) is 11.8 Å². The number of carbonyl (C=O) groups excluding carboxylic acids is 2. The predicted octanol–water partition coefficient (Wildman–Crippen LogP) is -0.00510. The number of nitrogens with zero attached hydrogens (tertiary/aromatic N) is 1. The molecule has 2 aliphatic rings. The number of amides is 2. The smallest absolute Gasteiger partial charge is 0.239 e. The van der Waals surface area contributed by atoms with Crippen LogP contribution in [0.15, 0.2) is 0 Å². The molecule has 2 saturated carbocycles. The van der Waals surface area contributed by atoms with Gasteiger partial charge in [-0.15, -0.1) is 0 Å². The van der Waals surface area contributed by atoms with Gasteiger partial charge in [0, 0.05) is 25.0 Å². The molecule has 2 amide bonds. The Hall–Kier alpha value is -1.10. The molecule has 0 heterocycles. The zero-order valence-electron chi connectivity index (χ0n) is 10.4. The monoisotopic (exact) mass is 239 g/mol. The summed E-state index contributed by atoms with van der Waals surface area (Å²) >= 11 is 0. The summed E-state index contributed by atoms with van der Waals surface area (Å²) < 4.78 is 0. The van der Waals surface area contributed by atoms with E-state index in [4.69, 9.17) is 5.73 Å². The van der Waals surface area contributed by atoms with Crippen molar-refractivity contribution >= 4 is 11.8 Å². The molecule has 17 heavy (non-hydrogen) atoms. The second-order valence-corrected chi connectivity index (χ2v) is 5.48. The molecule has 0 aliphatic heterocycles. The maximum absolute atomic E-state index is 11.9. The van der Waals surface area contributed by atoms with Crippen LogP contribution < -0.4 is 11.1 Å². The van der Waals surface area contributed by atoms with Crippen LogP contribution in [0.3, 0.4) is 0 Å². The van der Waals surface area contributed by atoms with Gasteiger partial charge in [-0.1, -0.05) is 0 Å². The highest BCUT2D eigenvalue weighted by atomic mass is 16.2. The van der Waals surface area contributed by atoms with Crippen molar-refractivity contribution in [1.29, 1.82) is 0 Å². The minimum Gasteiger partial charge on any atom is -0.352 e. The van der Waals surface area contributed by atoms with Gasteiger partial charge in [-0.05, 0) is 32.1 Å². The molecule has 0 aromatic heterocycles. The van der Waals surface area contributed by atoms with Crippen LogP contribution in [-0.4, -0.2) is 41.9 Å². The fourth-order valence-corrected chi connectivity index (χ4v) is 2.05. The van der Waals surface area contributed by atoms with Gasteiger partial charge >= 0.3 is 0 Å². The number of hydrogen-bond donors (Lipinski definition) is 2. The van der Waals surface area contributed by atoms with Gasteiger partial charge in [-0.3, -0.25) is 9.59 Å². The van der Waals surface area contributed by atoms with E-state index in [-0.39, 0.29) is 23.9 Å². The lowest BCUT2D eigenvalue weighted by molar-refractivity contribution is -0.136. The van der Waals surface area contributed by atoms with Crippen molar-refractivity contribution in [3.8, 4) is 0 Å². The van der Waals surface area contributed by atoms with E-state index in [0.29, 0.717) is 12.5 Å². The van der Waals surface area contributed by atoms with Crippen molar-refractivity contribution in [2.75, 3.05) is 13.6 Å². The summed E-state index contributed by atoms with van der Waals surface area (Å²) in [6.45, 7) is 0.144. The summed E-state index contributed by atoms with van der Waals surface area (Å²) in [7, 11) is 1.66. The lowest BCUT2D eigenvalue weighted by Crippen LogP contribution is -2.51. The first-order chi connectivity index (χ1) is 7.98. The van der Waals surface area contributed by atoms with Crippen molar-refractivity contribution in [2.24, 2.45) is 5.73 Å². The average molecular weight is 239 g/mol. The molecule has 2 rings (SSSR count). The van der Waals surface area contributed by atoms with Crippen molar-refractivity contribution in [2.45, 2.75) is 50.1 Å². The molecule has 0 saturated heterocycles. The Bertz CT molecular complexity index is 322. The number of rotatable bonds is 5. The summed E-state index contributed by atoms with van der Waals surface area (Å²) in [5.41, 5.74) is 5.71. The van der Waals surface area contributed by atoms with Crippen molar-refractivity contribution in [3.63, 3.8) is 0 Å². The predicted molar refractivity (Wildman–Crippen MR) is 64.2 cm³/mol. The van der Waals surface area contributed by atoms with Crippen molar-refractivity contribution in [3.05, 3.63) is 0 Å². The van der Waals surface area contributed by atoms with Gasteiger partial charge in [0.05, 0.1) is 6.54 Å². The number of hydrogen-bond acceptors (Lipinski definition) is 3. The first-order valence-corrected chi connectivity index (χ1v) is 6.31. The Morgan fingerprint density at radius 1 is 1.41 bits per heavy atom. The molecular weight excluding hydrogens is 218 g/mol. The summed E-state index contributed by atoms with van der Waals surface area (Å²) in [5.74, 6) is -0.0961. The van der Waals surface area contributed by atoms with Crippen LogP contribution >= 0.6 is 0 Å². The lowest BCUT2D eigenvalue weighted by Gasteiger charge is -2.38. The van der Waals surface area contributed by atoms with E-state index in [2.05, 4.69) is 5.32 Å². The van der Waals surface area contributed by atoms with Crippen LogP contribution in [0.5, 0.6) is 0 Å². The Morgan fingerprint density at radius 2 is 2.06 bits per heavy atom. The number of likely N-dealkylation sites (N-methyl/N-ethyl adjacent to an activating group) is 1. The zero-order chi connectivity index (χ0) is 12.5. The molecule has 5 nitrogen and oxygen atoms in total. The minimum atomic E-state index is -0.307. The number of nitrogens with two attached hydrogens (primary N) is 1. The Kier molecular flexibility index (Phi) is 3.38. The fraction of sp³-hybridized carbons (Fsp3) is 0.833. The molecule has 0 spiro atoms. The van der Waals surface area contributed by atoms with E-state index in [1.54, 1.807) is 7.05 Å². The van der Waals surface area contributed by atoms with Crippen LogP contribution in [0.4, 0.5) is 0 Å². The highest BCUT2D eigenvalue weighted by molar-refractivity contribution is 5.85. The van der Waals surface area contributed by atoms with Gasteiger partial charge in [-0.2, -0.15) is 0 Å². The summed E-state index contributed by atoms with van der Waals surface area (Å²) in [5, 5.41) is 2.87. The van der Waals surface area contributed by atoms with Crippen molar-refractivity contribution < 1.29 is 9.59 Å². The average Bonchev–Trinajstić information content (AvgIpc) is 2.98. The second kappa shape index (κ2) is 4.64. The summed E-state index contributed by atoms with van der Waals surface area (Å²) in [6.07, 6.45) is 5.43. The molecule has 0 aromatic rings. The largest absolute Gasteiger partial charge is 0.352 e. The van der Waals surface area contributed by atoms with Crippen LogP contribution in [0.1, 0.15) is 38.5 Å². The van der Waals surface area contributed by atoms with E-state index in [1.807, 2.05) is 0 Å². The molecule has 0 radical (unpaired) electrons. The molecule has 0 atom stereocenters. The molecule has 2 fully saturated rings. The Morgan fingerprint density at radius 3 is 2.53 bits per heavy atom. The first kappa shape index (κ1) is 12.4. The SMILES string of the molecule is CN(CC(=O)NC1CC1)C(=O)CC1(N)CCC1.